The SMILES string of the molecule is Cc1cccc(C(=O)N2CCCN2C(=O)OCc2ccccc2)n1. The van der Waals surface area contributed by atoms with Crippen molar-refractivity contribution in [3.8, 4) is 0 Å². The zero-order valence-corrected chi connectivity index (χ0v) is 13.5. The topological polar surface area (TPSA) is 62.7 Å². The van der Waals surface area contributed by atoms with Crippen molar-refractivity contribution in [2.24, 2.45) is 0 Å². The molecule has 0 radical (unpaired) electrons. The minimum atomic E-state index is -0.516. The first kappa shape index (κ1) is 16.0. The molecule has 124 valence electrons. The third kappa shape index (κ3) is 3.53. The van der Waals surface area contributed by atoms with Crippen LogP contribution < -0.4 is 0 Å². The summed E-state index contributed by atoms with van der Waals surface area (Å²) in [6.07, 6.45) is 0.204. The van der Waals surface area contributed by atoms with Gasteiger partial charge in [-0.3, -0.25) is 4.79 Å². The number of hydrogen-bond donors (Lipinski definition) is 0. The van der Waals surface area contributed by atoms with Crippen LogP contribution in [0.25, 0.3) is 0 Å². The van der Waals surface area contributed by atoms with E-state index in [1.807, 2.05) is 43.3 Å². The number of ether oxygens (including phenoxy) is 1. The Balaban J connectivity index is 1.66. The van der Waals surface area contributed by atoms with Gasteiger partial charge in [-0.1, -0.05) is 36.4 Å². The van der Waals surface area contributed by atoms with Crippen molar-refractivity contribution in [2.45, 2.75) is 20.0 Å². The highest BCUT2D eigenvalue weighted by Crippen LogP contribution is 2.16. The average Bonchev–Trinajstić information content (AvgIpc) is 3.09. The summed E-state index contributed by atoms with van der Waals surface area (Å²) in [5.74, 6) is -0.284. The Labute approximate surface area is 140 Å². The second-order valence-corrected chi connectivity index (χ2v) is 5.61. The molecule has 3 rings (SSSR count). The van der Waals surface area contributed by atoms with Gasteiger partial charge in [0.2, 0.25) is 0 Å². The maximum atomic E-state index is 12.6. The molecule has 0 saturated carbocycles. The molecular weight excluding hydrogens is 306 g/mol. The molecule has 1 aliphatic rings. The lowest BCUT2D eigenvalue weighted by Crippen LogP contribution is -2.45. The first-order valence-corrected chi connectivity index (χ1v) is 7.89. The number of amides is 2. The molecule has 2 heterocycles. The van der Waals surface area contributed by atoms with Crippen molar-refractivity contribution in [3.05, 3.63) is 65.5 Å². The van der Waals surface area contributed by atoms with Gasteiger partial charge >= 0.3 is 6.09 Å². The van der Waals surface area contributed by atoms with Crippen molar-refractivity contribution in [1.82, 2.24) is 15.0 Å². The van der Waals surface area contributed by atoms with E-state index in [1.165, 1.54) is 10.0 Å². The molecular formula is C18H19N3O3. The molecule has 2 aromatic rings. The van der Waals surface area contributed by atoms with Gasteiger partial charge < -0.3 is 4.74 Å². The zero-order valence-electron chi connectivity index (χ0n) is 13.5. The van der Waals surface area contributed by atoms with Crippen LogP contribution in [-0.4, -0.2) is 40.1 Å². The number of hydrazine groups is 1. The highest BCUT2D eigenvalue weighted by atomic mass is 16.6. The number of pyridine rings is 1. The normalized spacial score (nSPS) is 13.9. The maximum absolute atomic E-state index is 12.6. The molecule has 1 aromatic heterocycles. The molecule has 0 bridgehead atoms. The summed E-state index contributed by atoms with van der Waals surface area (Å²) in [5.41, 5.74) is 2.00. The third-order valence-electron chi connectivity index (χ3n) is 3.79. The second kappa shape index (κ2) is 7.12. The maximum Gasteiger partial charge on any atom is 0.429 e. The van der Waals surface area contributed by atoms with Gasteiger partial charge in [-0.15, -0.1) is 0 Å². The van der Waals surface area contributed by atoms with Gasteiger partial charge in [0.1, 0.15) is 12.3 Å². The fraction of sp³-hybridized carbons (Fsp3) is 0.278. The number of carbonyl (C=O) groups is 2. The quantitative estimate of drug-likeness (QED) is 0.870. The lowest BCUT2D eigenvalue weighted by atomic mass is 10.2. The van der Waals surface area contributed by atoms with Crippen molar-refractivity contribution in [2.75, 3.05) is 13.1 Å². The first-order valence-electron chi connectivity index (χ1n) is 7.89. The largest absolute Gasteiger partial charge is 0.443 e. The number of nitrogens with zero attached hydrogens (tertiary/aromatic N) is 3. The fourth-order valence-electron chi connectivity index (χ4n) is 2.60. The van der Waals surface area contributed by atoms with Crippen LogP contribution in [0.4, 0.5) is 4.79 Å². The standard InChI is InChI=1S/C18H19N3O3/c1-14-7-5-10-16(19-14)17(22)20-11-6-12-21(20)18(23)24-13-15-8-3-2-4-9-15/h2-5,7-10H,6,11-13H2,1H3. The Hall–Kier alpha value is -2.89. The van der Waals surface area contributed by atoms with E-state index in [0.717, 1.165) is 17.7 Å². The molecule has 6 nitrogen and oxygen atoms in total. The Morgan fingerprint density at radius 3 is 2.54 bits per heavy atom. The lowest BCUT2D eigenvalue weighted by Gasteiger charge is -2.26. The molecule has 1 saturated heterocycles. The molecule has 1 fully saturated rings. The van der Waals surface area contributed by atoms with Gasteiger partial charge in [0, 0.05) is 18.8 Å². The van der Waals surface area contributed by atoms with Crippen LogP contribution in [0.2, 0.25) is 0 Å². The summed E-state index contributed by atoms with van der Waals surface area (Å²) in [5, 5.41) is 2.77. The molecule has 0 aliphatic carbocycles. The van der Waals surface area contributed by atoms with Crippen LogP contribution in [0.5, 0.6) is 0 Å². The van der Waals surface area contributed by atoms with Gasteiger partial charge in [0.25, 0.3) is 5.91 Å². The minimum absolute atomic E-state index is 0.181. The Morgan fingerprint density at radius 1 is 1.04 bits per heavy atom. The van der Waals surface area contributed by atoms with Gasteiger partial charge in [0.05, 0.1) is 0 Å². The predicted octanol–water partition coefficient (Wildman–Crippen LogP) is 2.79. The second-order valence-electron chi connectivity index (χ2n) is 5.61. The molecule has 0 unspecified atom stereocenters. The van der Waals surface area contributed by atoms with E-state index in [9.17, 15) is 9.59 Å². The molecule has 24 heavy (non-hydrogen) atoms. The Kier molecular flexibility index (Phi) is 4.74. The first-order chi connectivity index (χ1) is 11.6. The van der Waals surface area contributed by atoms with Crippen molar-refractivity contribution in [1.29, 1.82) is 0 Å². The minimum Gasteiger partial charge on any atom is -0.443 e. The molecule has 2 amide bonds. The van der Waals surface area contributed by atoms with Crippen LogP contribution in [0.15, 0.2) is 48.5 Å². The van der Waals surface area contributed by atoms with Gasteiger partial charge in [0.15, 0.2) is 0 Å². The van der Waals surface area contributed by atoms with E-state index in [2.05, 4.69) is 4.98 Å². The summed E-state index contributed by atoms with van der Waals surface area (Å²) in [6, 6.07) is 14.7. The molecule has 1 aliphatic heterocycles. The van der Waals surface area contributed by atoms with Gasteiger partial charge in [-0.25, -0.2) is 19.8 Å². The average molecular weight is 325 g/mol. The number of aromatic nitrogens is 1. The molecule has 1 aromatic carbocycles. The van der Waals surface area contributed by atoms with Gasteiger partial charge in [-0.2, -0.15) is 0 Å². The van der Waals surface area contributed by atoms with Crippen LogP contribution in [0.3, 0.4) is 0 Å². The Bertz CT molecular complexity index is 733. The summed E-state index contributed by atoms with van der Waals surface area (Å²) < 4.78 is 5.32. The number of aryl methyl sites for hydroxylation is 1. The number of benzene rings is 1. The van der Waals surface area contributed by atoms with Crippen molar-refractivity contribution < 1.29 is 14.3 Å². The van der Waals surface area contributed by atoms with E-state index in [1.54, 1.807) is 12.1 Å². The highest BCUT2D eigenvalue weighted by Gasteiger charge is 2.33. The monoisotopic (exact) mass is 325 g/mol. The van der Waals surface area contributed by atoms with E-state index in [0.29, 0.717) is 18.8 Å². The van der Waals surface area contributed by atoms with Crippen LogP contribution in [-0.2, 0) is 11.3 Å². The zero-order chi connectivity index (χ0) is 16.9. The van der Waals surface area contributed by atoms with E-state index in [-0.39, 0.29) is 12.5 Å². The molecule has 0 atom stereocenters. The lowest BCUT2D eigenvalue weighted by molar-refractivity contribution is 0.0107. The fourth-order valence-corrected chi connectivity index (χ4v) is 2.60. The molecule has 0 N–H and O–H groups in total. The number of rotatable bonds is 3. The molecule has 6 heteroatoms. The van der Waals surface area contributed by atoms with E-state index in [4.69, 9.17) is 4.74 Å². The molecule has 0 spiro atoms. The van der Waals surface area contributed by atoms with Crippen LogP contribution in [0.1, 0.15) is 28.2 Å². The van der Waals surface area contributed by atoms with E-state index < -0.39 is 6.09 Å². The third-order valence-corrected chi connectivity index (χ3v) is 3.79. The number of hydrogen-bond acceptors (Lipinski definition) is 4. The van der Waals surface area contributed by atoms with E-state index >= 15 is 0 Å². The highest BCUT2D eigenvalue weighted by molar-refractivity contribution is 5.93. The summed E-state index contributed by atoms with van der Waals surface area (Å²) in [4.78, 5) is 29.2. The van der Waals surface area contributed by atoms with Crippen LogP contribution >= 0.6 is 0 Å². The predicted molar refractivity (Wildman–Crippen MR) is 88.0 cm³/mol. The summed E-state index contributed by atoms with van der Waals surface area (Å²) in [7, 11) is 0. The summed E-state index contributed by atoms with van der Waals surface area (Å²) in [6.45, 7) is 2.95. The Morgan fingerprint density at radius 2 is 1.79 bits per heavy atom. The summed E-state index contributed by atoms with van der Waals surface area (Å²) >= 11 is 0. The number of carbonyl (C=O) groups excluding carboxylic acids is 2. The van der Waals surface area contributed by atoms with Crippen LogP contribution in [0, 0.1) is 6.92 Å². The van der Waals surface area contributed by atoms with Crippen molar-refractivity contribution >= 4 is 12.0 Å². The van der Waals surface area contributed by atoms with Gasteiger partial charge in [-0.05, 0) is 31.0 Å². The van der Waals surface area contributed by atoms with Crippen molar-refractivity contribution in [3.63, 3.8) is 0 Å². The smallest absolute Gasteiger partial charge is 0.429 e.